The first-order chi connectivity index (χ1) is 8.08. The van der Waals surface area contributed by atoms with Crippen LogP contribution in [0.4, 0.5) is 5.69 Å². The summed E-state index contributed by atoms with van der Waals surface area (Å²) in [5.41, 5.74) is 0.508. The summed E-state index contributed by atoms with van der Waals surface area (Å²) in [4.78, 5) is 11.8. The van der Waals surface area contributed by atoms with Crippen LogP contribution in [0, 0.1) is 0 Å². The Labute approximate surface area is 110 Å². The smallest absolute Gasteiger partial charge is 0.274 e. The minimum atomic E-state index is -0.424. The number of H-pyrrole nitrogens is 1. The van der Waals surface area contributed by atoms with Gasteiger partial charge in [-0.15, -0.1) is 0 Å². The quantitative estimate of drug-likeness (QED) is 0.746. The summed E-state index contributed by atoms with van der Waals surface area (Å²) in [6.07, 6.45) is 1.47. The number of aromatic hydroxyl groups is 1. The number of halogens is 2. The van der Waals surface area contributed by atoms with Crippen molar-refractivity contribution in [2.24, 2.45) is 0 Å². The average molecular weight is 317 g/mol. The van der Waals surface area contributed by atoms with Crippen LogP contribution in [0.2, 0.25) is 5.02 Å². The molecule has 0 saturated carbocycles. The summed E-state index contributed by atoms with van der Waals surface area (Å²) in [7, 11) is 0. The molecule has 0 bridgehead atoms. The van der Waals surface area contributed by atoms with E-state index in [0.29, 0.717) is 9.50 Å². The molecule has 2 rings (SSSR count). The van der Waals surface area contributed by atoms with Crippen LogP contribution < -0.4 is 5.32 Å². The van der Waals surface area contributed by atoms with Gasteiger partial charge in [-0.1, -0.05) is 11.6 Å². The van der Waals surface area contributed by atoms with Crippen molar-refractivity contribution in [3.63, 3.8) is 0 Å². The molecule has 88 valence electrons. The van der Waals surface area contributed by atoms with E-state index in [4.69, 9.17) is 11.6 Å². The van der Waals surface area contributed by atoms with Gasteiger partial charge in [0.05, 0.1) is 16.4 Å². The van der Waals surface area contributed by atoms with Crippen molar-refractivity contribution < 1.29 is 9.90 Å². The van der Waals surface area contributed by atoms with E-state index in [-0.39, 0.29) is 17.1 Å². The van der Waals surface area contributed by atoms with Gasteiger partial charge in [-0.3, -0.25) is 9.89 Å². The maximum atomic E-state index is 11.8. The third kappa shape index (κ3) is 2.59. The number of aromatic amines is 1. The number of nitrogens with zero attached hydrogens (tertiary/aromatic N) is 1. The van der Waals surface area contributed by atoms with Gasteiger partial charge >= 0.3 is 0 Å². The number of carbonyl (C=O) groups is 1. The number of hydrogen-bond acceptors (Lipinski definition) is 3. The number of carbonyl (C=O) groups excluding carboxylic acids is 1. The second kappa shape index (κ2) is 4.77. The van der Waals surface area contributed by atoms with Crippen molar-refractivity contribution in [3.8, 4) is 5.75 Å². The number of rotatable bonds is 2. The summed E-state index contributed by atoms with van der Waals surface area (Å²) in [6.45, 7) is 0. The minimum Gasteiger partial charge on any atom is -0.506 e. The van der Waals surface area contributed by atoms with Crippen LogP contribution in [0.15, 0.2) is 28.9 Å². The van der Waals surface area contributed by atoms with E-state index in [9.17, 15) is 9.90 Å². The number of amides is 1. The number of phenolic OH excluding ortho intramolecular Hbond substituents is 1. The zero-order valence-corrected chi connectivity index (χ0v) is 10.7. The molecule has 7 heteroatoms. The van der Waals surface area contributed by atoms with Crippen molar-refractivity contribution in [1.29, 1.82) is 0 Å². The lowest BCUT2D eigenvalue weighted by atomic mass is 10.3. The number of hydrogen-bond donors (Lipinski definition) is 3. The number of nitrogens with one attached hydrogen (secondary N) is 2. The predicted octanol–water partition coefficient (Wildman–Crippen LogP) is 2.78. The van der Waals surface area contributed by atoms with Crippen LogP contribution >= 0.6 is 27.5 Å². The number of benzene rings is 1. The molecular weight excluding hydrogens is 309 g/mol. The van der Waals surface area contributed by atoms with E-state index in [2.05, 4.69) is 31.4 Å². The van der Waals surface area contributed by atoms with Crippen LogP contribution in [0.25, 0.3) is 0 Å². The molecular formula is C10H7BrClN3O2. The van der Waals surface area contributed by atoms with Crippen LogP contribution in [0.3, 0.4) is 0 Å². The Morgan fingerprint density at radius 1 is 1.53 bits per heavy atom. The first kappa shape index (κ1) is 11.9. The molecule has 0 fully saturated rings. The molecule has 0 atom stereocenters. The normalized spacial score (nSPS) is 10.2. The molecule has 1 aromatic carbocycles. The maximum Gasteiger partial charge on any atom is 0.274 e. The first-order valence-corrected chi connectivity index (χ1v) is 5.74. The molecule has 1 amide bonds. The van der Waals surface area contributed by atoms with Crippen LogP contribution in [0.1, 0.15) is 10.5 Å². The van der Waals surface area contributed by atoms with Gasteiger partial charge in [0.2, 0.25) is 0 Å². The highest BCUT2D eigenvalue weighted by atomic mass is 79.9. The minimum absolute atomic E-state index is 0.0570. The number of aromatic nitrogens is 2. The van der Waals surface area contributed by atoms with Gasteiger partial charge in [0.15, 0.2) is 0 Å². The standard InChI is InChI=1S/C10H7BrClN3O2/c11-6-4-13-15-9(6)10(17)14-7-3-5(12)1-2-8(7)16/h1-4,16H,(H,13,15)(H,14,17). The van der Waals surface area contributed by atoms with Crippen molar-refractivity contribution in [2.75, 3.05) is 5.32 Å². The SMILES string of the molecule is O=C(Nc1cc(Cl)ccc1O)c1[nH]ncc1Br. The molecule has 1 heterocycles. The molecule has 0 radical (unpaired) electrons. The van der Waals surface area contributed by atoms with E-state index in [1.165, 1.54) is 24.4 Å². The Morgan fingerprint density at radius 2 is 2.29 bits per heavy atom. The van der Waals surface area contributed by atoms with Crippen molar-refractivity contribution >= 4 is 39.1 Å². The Hall–Kier alpha value is -1.53. The summed E-state index contributed by atoms with van der Waals surface area (Å²) in [5.74, 6) is -0.481. The van der Waals surface area contributed by atoms with Gasteiger partial charge in [-0.2, -0.15) is 5.10 Å². The van der Waals surface area contributed by atoms with E-state index < -0.39 is 5.91 Å². The Morgan fingerprint density at radius 3 is 2.94 bits per heavy atom. The van der Waals surface area contributed by atoms with Crippen LogP contribution in [0.5, 0.6) is 5.75 Å². The fourth-order valence-electron chi connectivity index (χ4n) is 1.22. The molecule has 5 nitrogen and oxygen atoms in total. The molecule has 17 heavy (non-hydrogen) atoms. The largest absolute Gasteiger partial charge is 0.506 e. The Bertz CT molecular complexity index is 570. The topological polar surface area (TPSA) is 78.0 Å². The lowest BCUT2D eigenvalue weighted by Crippen LogP contribution is -2.13. The number of phenols is 1. The fraction of sp³-hybridized carbons (Fsp3) is 0. The monoisotopic (exact) mass is 315 g/mol. The van der Waals surface area contributed by atoms with E-state index >= 15 is 0 Å². The molecule has 0 unspecified atom stereocenters. The van der Waals surface area contributed by atoms with Gasteiger partial charge in [0, 0.05) is 5.02 Å². The highest BCUT2D eigenvalue weighted by molar-refractivity contribution is 9.10. The molecule has 0 aliphatic carbocycles. The van der Waals surface area contributed by atoms with E-state index in [0.717, 1.165) is 0 Å². The van der Waals surface area contributed by atoms with Gasteiger partial charge < -0.3 is 10.4 Å². The van der Waals surface area contributed by atoms with Crippen LogP contribution in [-0.4, -0.2) is 21.2 Å². The Kier molecular flexibility index (Phi) is 3.35. The fourth-order valence-corrected chi connectivity index (χ4v) is 1.77. The second-order valence-corrected chi connectivity index (χ2v) is 4.50. The van der Waals surface area contributed by atoms with Gasteiger partial charge in [-0.25, -0.2) is 0 Å². The molecule has 0 spiro atoms. The average Bonchev–Trinajstić information content (AvgIpc) is 2.70. The lowest BCUT2D eigenvalue weighted by molar-refractivity contribution is 0.102. The summed E-state index contributed by atoms with van der Waals surface area (Å²) in [6, 6.07) is 4.39. The molecule has 2 aromatic rings. The molecule has 0 aliphatic heterocycles. The second-order valence-electron chi connectivity index (χ2n) is 3.21. The van der Waals surface area contributed by atoms with E-state index in [1.54, 1.807) is 0 Å². The zero-order valence-electron chi connectivity index (χ0n) is 8.37. The molecule has 0 aliphatic rings. The first-order valence-electron chi connectivity index (χ1n) is 4.56. The predicted molar refractivity (Wildman–Crippen MR) is 67.4 cm³/mol. The number of anilines is 1. The molecule has 0 saturated heterocycles. The van der Waals surface area contributed by atoms with Crippen molar-refractivity contribution in [2.45, 2.75) is 0 Å². The Balaban J connectivity index is 2.24. The maximum absolute atomic E-state index is 11.8. The molecule has 1 aromatic heterocycles. The third-order valence-corrected chi connectivity index (χ3v) is 2.86. The van der Waals surface area contributed by atoms with E-state index in [1.807, 2.05) is 0 Å². The highest BCUT2D eigenvalue weighted by Crippen LogP contribution is 2.27. The van der Waals surface area contributed by atoms with Gasteiger partial charge in [0.25, 0.3) is 5.91 Å². The van der Waals surface area contributed by atoms with Crippen LogP contribution in [-0.2, 0) is 0 Å². The van der Waals surface area contributed by atoms with Crippen molar-refractivity contribution in [1.82, 2.24) is 10.2 Å². The summed E-state index contributed by atoms with van der Waals surface area (Å²) >= 11 is 8.93. The zero-order chi connectivity index (χ0) is 12.4. The summed E-state index contributed by atoms with van der Waals surface area (Å²) in [5, 5.41) is 18.7. The molecule has 3 N–H and O–H groups in total. The van der Waals surface area contributed by atoms with Gasteiger partial charge in [-0.05, 0) is 34.1 Å². The third-order valence-electron chi connectivity index (χ3n) is 2.03. The van der Waals surface area contributed by atoms with Gasteiger partial charge in [0.1, 0.15) is 11.4 Å². The highest BCUT2D eigenvalue weighted by Gasteiger charge is 2.14. The van der Waals surface area contributed by atoms with Crippen molar-refractivity contribution in [3.05, 3.63) is 39.6 Å². The lowest BCUT2D eigenvalue weighted by Gasteiger charge is -2.06. The summed E-state index contributed by atoms with van der Waals surface area (Å²) < 4.78 is 0.538.